The van der Waals surface area contributed by atoms with Crippen LogP contribution in [0, 0.1) is 5.82 Å². The van der Waals surface area contributed by atoms with Gasteiger partial charge in [-0.15, -0.1) is 0 Å². The molecule has 114 valence electrons. The summed E-state index contributed by atoms with van der Waals surface area (Å²) in [5, 5.41) is 9.50. The van der Waals surface area contributed by atoms with Crippen LogP contribution in [-0.4, -0.2) is 24.3 Å². The molecule has 22 heavy (non-hydrogen) atoms. The second-order valence-corrected chi connectivity index (χ2v) is 5.13. The van der Waals surface area contributed by atoms with Crippen molar-refractivity contribution in [3.8, 4) is 11.5 Å². The summed E-state index contributed by atoms with van der Waals surface area (Å²) in [5.74, 6) is -0.929. The number of carboxylic acids is 1. The Hall–Kier alpha value is -2.56. The summed E-state index contributed by atoms with van der Waals surface area (Å²) < 4.78 is 24.2. The highest BCUT2D eigenvalue weighted by molar-refractivity contribution is 5.77. The lowest BCUT2D eigenvalue weighted by molar-refractivity contribution is -0.138. The number of carboxylic acid groups (broad SMARTS) is 1. The second kappa shape index (κ2) is 6.05. The number of fused-ring (bicyclic) bond motifs is 1. The fourth-order valence-electron chi connectivity index (χ4n) is 2.52. The van der Waals surface area contributed by atoms with Gasteiger partial charge in [0, 0.05) is 0 Å². The molecule has 0 saturated heterocycles. The fourth-order valence-corrected chi connectivity index (χ4v) is 2.52. The van der Waals surface area contributed by atoms with Crippen LogP contribution in [0.4, 0.5) is 4.39 Å². The number of halogens is 1. The maximum absolute atomic E-state index is 13.3. The van der Waals surface area contributed by atoms with Crippen molar-refractivity contribution in [2.75, 3.05) is 13.2 Å². The molecule has 0 radical (unpaired) electrons. The van der Waals surface area contributed by atoms with Gasteiger partial charge in [0.05, 0.1) is 5.92 Å². The van der Waals surface area contributed by atoms with E-state index in [4.69, 9.17) is 9.47 Å². The monoisotopic (exact) mass is 302 g/mol. The molecule has 4 nitrogen and oxygen atoms in total. The molecule has 0 spiro atoms. The SMILES string of the molecule is O=C(O)C(Cc1cccc(F)c1)c1ccc2c(c1)OCCO2. The van der Waals surface area contributed by atoms with E-state index < -0.39 is 11.9 Å². The van der Waals surface area contributed by atoms with Gasteiger partial charge in [-0.3, -0.25) is 4.79 Å². The van der Waals surface area contributed by atoms with E-state index >= 15 is 0 Å². The molecule has 1 atom stereocenters. The zero-order valence-electron chi connectivity index (χ0n) is 11.8. The second-order valence-electron chi connectivity index (χ2n) is 5.13. The molecule has 2 aromatic carbocycles. The van der Waals surface area contributed by atoms with Crippen molar-refractivity contribution in [2.24, 2.45) is 0 Å². The Morgan fingerprint density at radius 3 is 2.64 bits per heavy atom. The summed E-state index contributed by atoms with van der Waals surface area (Å²) in [6.07, 6.45) is 0.215. The third kappa shape index (κ3) is 3.03. The van der Waals surface area contributed by atoms with Crippen LogP contribution in [0.3, 0.4) is 0 Å². The first-order valence-corrected chi connectivity index (χ1v) is 7.00. The van der Waals surface area contributed by atoms with E-state index in [-0.39, 0.29) is 12.2 Å². The van der Waals surface area contributed by atoms with Crippen molar-refractivity contribution in [3.63, 3.8) is 0 Å². The van der Waals surface area contributed by atoms with Crippen LogP contribution in [0.2, 0.25) is 0 Å². The number of hydrogen-bond acceptors (Lipinski definition) is 3. The predicted molar refractivity (Wildman–Crippen MR) is 77.9 cm³/mol. The van der Waals surface area contributed by atoms with Gasteiger partial charge in [-0.2, -0.15) is 0 Å². The number of hydrogen-bond donors (Lipinski definition) is 1. The number of carbonyl (C=O) groups is 1. The lowest BCUT2D eigenvalue weighted by Crippen LogP contribution is -2.18. The van der Waals surface area contributed by atoms with Crippen LogP contribution in [0.25, 0.3) is 0 Å². The number of rotatable bonds is 4. The summed E-state index contributed by atoms with van der Waals surface area (Å²) in [6.45, 7) is 0.927. The number of ether oxygens (including phenoxy) is 2. The first-order chi connectivity index (χ1) is 10.6. The molecule has 5 heteroatoms. The van der Waals surface area contributed by atoms with Crippen LogP contribution in [0.1, 0.15) is 17.0 Å². The molecule has 0 aromatic heterocycles. The molecule has 1 heterocycles. The highest BCUT2D eigenvalue weighted by Crippen LogP contribution is 2.34. The Morgan fingerprint density at radius 1 is 1.14 bits per heavy atom. The lowest BCUT2D eigenvalue weighted by atomic mass is 9.91. The minimum absolute atomic E-state index is 0.215. The number of benzene rings is 2. The zero-order chi connectivity index (χ0) is 15.5. The zero-order valence-corrected chi connectivity index (χ0v) is 11.8. The summed E-state index contributed by atoms with van der Waals surface area (Å²) in [7, 11) is 0. The van der Waals surface area contributed by atoms with E-state index in [2.05, 4.69) is 0 Å². The minimum atomic E-state index is -0.957. The Bertz CT molecular complexity index is 699. The quantitative estimate of drug-likeness (QED) is 0.943. The van der Waals surface area contributed by atoms with Gasteiger partial charge >= 0.3 is 5.97 Å². The van der Waals surface area contributed by atoms with Crippen LogP contribution in [0.5, 0.6) is 11.5 Å². The molecule has 0 amide bonds. The van der Waals surface area contributed by atoms with E-state index in [0.29, 0.717) is 35.8 Å². The van der Waals surface area contributed by atoms with Crippen LogP contribution in [-0.2, 0) is 11.2 Å². The van der Waals surface area contributed by atoms with Gasteiger partial charge in [0.1, 0.15) is 19.0 Å². The van der Waals surface area contributed by atoms with Gasteiger partial charge < -0.3 is 14.6 Å². The smallest absolute Gasteiger partial charge is 0.311 e. The normalized spacial score (nSPS) is 14.4. The van der Waals surface area contributed by atoms with E-state index in [1.165, 1.54) is 12.1 Å². The summed E-state index contributed by atoms with van der Waals surface area (Å²) in [5.41, 5.74) is 1.25. The molecule has 1 unspecified atom stereocenters. The molecule has 0 bridgehead atoms. The molecule has 1 N–H and O–H groups in total. The summed E-state index contributed by atoms with van der Waals surface area (Å²) in [6, 6.07) is 11.1. The highest BCUT2D eigenvalue weighted by Gasteiger charge is 2.23. The fraction of sp³-hybridized carbons (Fsp3) is 0.235. The topological polar surface area (TPSA) is 55.8 Å². The van der Waals surface area contributed by atoms with Crippen LogP contribution in [0.15, 0.2) is 42.5 Å². The molecule has 2 aromatic rings. The van der Waals surface area contributed by atoms with Gasteiger partial charge in [-0.25, -0.2) is 4.39 Å². The maximum atomic E-state index is 13.3. The van der Waals surface area contributed by atoms with Gasteiger partial charge in [0.15, 0.2) is 11.5 Å². The van der Waals surface area contributed by atoms with Crippen molar-refractivity contribution < 1.29 is 23.8 Å². The van der Waals surface area contributed by atoms with Gasteiger partial charge in [0.25, 0.3) is 0 Å². The average Bonchev–Trinajstić information content (AvgIpc) is 2.52. The molecular formula is C17H15FO4. The highest BCUT2D eigenvalue weighted by atomic mass is 19.1. The van der Waals surface area contributed by atoms with Crippen LogP contribution >= 0.6 is 0 Å². The molecule has 0 saturated carbocycles. The molecule has 3 rings (SSSR count). The Kier molecular flexibility index (Phi) is 3.96. The molecular weight excluding hydrogens is 287 g/mol. The van der Waals surface area contributed by atoms with Crippen molar-refractivity contribution in [3.05, 3.63) is 59.4 Å². The largest absolute Gasteiger partial charge is 0.486 e. The van der Waals surface area contributed by atoms with Crippen LogP contribution < -0.4 is 9.47 Å². The number of aliphatic carboxylic acids is 1. The molecule has 1 aliphatic heterocycles. The van der Waals surface area contributed by atoms with Crippen molar-refractivity contribution in [1.29, 1.82) is 0 Å². The Balaban J connectivity index is 1.89. The van der Waals surface area contributed by atoms with Crippen molar-refractivity contribution in [1.82, 2.24) is 0 Å². The van der Waals surface area contributed by atoms with Gasteiger partial charge in [0.2, 0.25) is 0 Å². The minimum Gasteiger partial charge on any atom is -0.486 e. The molecule has 0 aliphatic carbocycles. The first kappa shape index (κ1) is 14.4. The van der Waals surface area contributed by atoms with E-state index in [1.807, 2.05) is 0 Å². The van der Waals surface area contributed by atoms with Crippen molar-refractivity contribution >= 4 is 5.97 Å². The maximum Gasteiger partial charge on any atom is 0.311 e. The standard InChI is InChI=1S/C17H15FO4/c18-13-3-1-2-11(8-13)9-14(17(19)20)12-4-5-15-16(10-12)22-7-6-21-15/h1-5,8,10,14H,6-7,9H2,(H,19,20). The van der Waals surface area contributed by atoms with Crippen molar-refractivity contribution in [2.45, 2.75) is 12.3 Å². The van der Waals surface area contributed by atoms with E-state index in [0.717, 1.165) is 0 Å². The Morgan fingerprint density at radius 2 is 1.91 bits per heavy atom. The third-order valence-corrected chi connectivity index (χ3v) is 3.60. The third-order valence-electron chi connectivity index (χ3n) is 3.60. The predicted octanol–water partition coefficient (Wildman–Crippen LogP) is 3.01. The summed E-state index contributed by atoms with van der Waals surface area (Å²) >= 11 is 0. The average molecular weight is 302 g/mol. The van der Waals surface area contributed by atoms with Gasteiger partial charge in [-0.05, 0) is 41.8 Å². The molecule has 0 fully saturated rings. The van der Waals surface area contributed by atoms with E-state index in [9.17, 15) is 14.3 Å². The summed E-state index contributed by atoms with van der Waals surface area (Å²) in [4.78, 5) is 11.6. The van der Waals surface area contributed by atoms with Gasteiger partial charge in [-0.1, -0.05) is 18.2 Å². The lowest BCUT2D eigenvalue weighted by Gasteiger charge is -2.20. The first-order valence-electron chi connectivity index (χ1n) is 7.00. The molecule has 1 aliphatic rings. The van der Waals surface area contributed by atoms with E-state index in [1.54, 1.807) is 30.3 Å². The Labute approximate surface area is 127 Å².